The minimum atomic E-state index is -0.748. The zero-order chi connectivity index (χ0) is 14.0. The molecular formula is C17H23NO2. The number of benzene rings is 1. The molecule has 1 N–H and O–H groups in total. The summed E-state index contributed by atoms with van der Waals surface area (Å²) >= 11 is 0. The molecule has 1 aliphatic carbocycles. The highest BCUT2D eigenvalue weighted by atomic mass is 16.4. The first-order chi connectivity index (χ1) is 9.69. The molecule has 1 saturated carbocycles. The smallest absolute Gasteiger partial charge is 0.307 e. The van der Waals surface area contributed by atoms with Crippen molar-refractivity contribution in [2.24, 2.45) is 5.41 Å². The number of carbonyl (C=O) groups is 1. The summed E-state index contributed by atoms with van der Waals surface area (Å²) in [5, 5.41) is 9.02. The number of anilines is 1. The Morgan fingerprint density at radius 2 is 1.75 bits per heavy atom. The average Bonchev–Trinajstić information content (AvgIpc) is 2.63. The number of hydrogen-bond acceptors (Lipinski definition) is 2. The molecule has 20 heavy (non-hydrogen) atoms. The van der Waals surface area contributed by atoms with Crippen molar-refractivity contribution in [2.45, 2.75) is 44.9 Å². The van der Waals surface area contributed by atoms with Crippen LogP contribution in [0.2, 0.25) is 0 Å². The molecule has 1 aromatic rings. The van der Waals surface area contributed by atoms with Gasteiger partial charge >= 0.3 is 5.97 Å². The van der Waals surface area contributed by atoms with Gasteiger partial charge < -0.3 is 10.0 Å². The summed E-state index contributed by atoms with van der Waals surface area (Å²) in [6, 6.07) is 7.96. The number of aliphatic carboxylic acids is 1. The summed E-state index contributed by atoms with van der Waals surface area (Å²) in [6.07, 6.45) is 8.33. The normalized spacial score (nSPS) is 21.3. The monoisotopic (exact) mass is 273 g/mol. The number of nitrogens with zero attached hydrogens (tertiary/aromatic N) is 1. The van der Waals surface area contributed by atoms with Gasteiger partial charge in [-0.1, -0.05) is 43.9 Å². The molecule has 3 heteroatoms. The first kappa shape index (κ1) is 13.5. The van der Waals surface area contributed by atoms with Crippen LogP contribution in [0.5, 0.6) is 0 Å². The maximum absolute atomic E-state index is 11.0. The van der Waals surface area contributed by atoms with Crippen LogP contribution in [0.3, 0.4) is 0 Å². The van der Waals surface area contributed by atoms with Crippen molar-refractivity contribution < 1.29 is 9.90 Å². The predicted molar refractivity (Wildman–Crippen MR) is 80.1 cm³/mol. The van der Waals surface area contributed by atoms with Gasteiger partial charge in [-0.15, -0.1) is 0 Å². The molecule has 108 valence electrons. The van der Waals surface area contributed by atoms with E-state index in [9.17, 15) is 4.79 Å². The number of para-hydroxylation sites is 1. The highest BCUT2D eigenvalue weighted by Crippen LogP contribution is 2.45. The molecule has 0 aromatic heterocycles. The highest BCUT2D eigenvalue weighted by Gasteiger charge is 2.43. The fourth-order valence-corrected chi connectivity index (χ4v) is 3.86. The molecule has 0 bridgehead atoms. The third kappa shape index (κ3) is 2.67. The van der Waals surface area contributed by atoms with Gasteiger partial charge in [0.25, 0.3) is 0 Å². The van der Waals surface area contributed by atoms with E-state index >= 15 is 0 Å². The molecule has 1 aromatic carbocycles. The zero-order valence-corrected chi connectivity index (χ0v) is 12.0. The molecule has 0 unspecified atom stereocenters. The van der Waals surface area contributed by atoms with Crippen molar-refractivity contribution in [3.8, 4) is 0 Å². The van der Waals surface area contributed by atoms with E-state index in [1.807, 2.05) is 18.2 Å². The molecule has 1 heterocycles. The largest absolute Gasteiger partial charge is 0.481 e. The molecule has 2 fully saturated rings. The minimum Gasteiger partial charge on any atom is -0.481 e. The molecular weight excluding hydrogens is 250 g/mol. The number of hydrogen-bond donors (Lipinski definition) is 1. The standard InChI is InChI=1S/C17H23NO2/c19-16(20)11-14-7-3-4-8-15(14)18-12-17(13-18)9-5-1-2-6-10-17/h3-4,7-8H,1-2,5-6,9-13H2,(H,19,20). The van der Waals surface area contributed by atoms with Crippen LogP contribution in [-0.2, 0) is 11.2 Å². The Kier molecular flexibility index (Phi) is 3.68. The molecule has 3 nitrogen and oxygen atoms in total. The van der Waals surface area contributed by atoms with E-state index in [1.54, 1.807) is 0 Å². The first-order valence-electron chi connectivity index (χ1n) is 7.73. The number of carboxylic acids is 1. The van der Waals surface area contributed by atoms with E-state index in [1.165, 1.54) is 38.5 Å². The van der Waals surface area contributed by atoms with E-state index in [-0.39, 0.29) is 6.42 Å². The zero-order valence-electron chi connectivity index (χ0n) is 12.0. The van der Waals surface area contributed by atoms with Crippen LogP contribution in [0.15, 0.2) is 24.3 Å². The van der Waals surface area contributed by atoms with Crippen molar-refractivity contribution >= 4 is 11.7 Å². The molecule has 0 radical (unpaired) electrons. The van der Waals surface area contributed by atoms with Gasteiger partial charge in [-0.3, -0.25) is 4.79 Å². The molecule has 3 rings (SSSR count). The minimum absolute atomic E-state index is 0.125. The number of carboxylic acid groups (broad SMARTS) is 1. The lowest BCUT2D eigenvalue weighted by Gasteiger charge is -2.52. The summed E-state index contributed by atoms with van der Waals surface area (Å²) in [5.74, 6) is -0.748. The Labute approximate surface area is 120 Å². The van der Waals surface area contributed by atoms with E-state index in [0.29, 0.717) is 5.41 Å². The van der Waals surface area contributed by atoms with Gasteiger partial charge in [0, 0.05) is 24.2 Å². The lowest BCUT2D eigenvalue weighted by atomic mass is 9.73. The van der Waals surface area contributed by atoms with Crippen molar-refractivity contribution in [1.29, 1.82) is 0 Å². The predicted octanol–water partition coefficient (Wildman–Crippen LogP) is 3.47. The first-order valence-corrected chi connectivity index (χ1v) is 7.73. The second kappa shape index (κ2) is 5.47. The van der Waals surface area contributed by atoms with Crippen molar-refractivity contribution in [3.63, 3.8) is 0 Å². The van der Waals surface area contributed by atoms with Crippen LogP contribution >= 0.6 is 0 Å². The fourth-order valence-electron chi connectivity index (χ4n) is 3.86. The van der Waals surface area contributed by atoms with E-state index < -0.39 is 5.97 Å². The van der Waals surface area contributed by atoms with Gasteiger partial charge in [0.2, 0.25) is 0 Å². The third-order valence-electron chi connectivity index (χ3n) is 4.89. The van der Waals surface area contributed by atoms with E-state index in [4.69, 9.17) is 5.11 Å². The maximum atomic E-state index is 11.0. The van der Waals surface area contributed by atoms with Crippen molar-refractivity contribution in [2.75, 3.05) is 18.0 Å². The Bertz CT molecular complexity index is 482. The molecule has 2 aliphatic rings. The van der Waals surface area contributed by atoms with Gasteiger partial charge in [-0.25, -0.2) is 0 Å². The van der Waals surface area contributed by atoms with Crippen molar-refractivity contribution in [3.05, 3.63) is 29.8 Å². The molecule has 0 amide bonds. The van der Waals surface area contributed by atoms with Crippen LogP contribution in [0.25, 0.3) is 0 Å². The van der Waals surface area contributed by atoms with E-state index in [0.717, 1.165) is 24.3 Å². The quantitative estimate of drug-likeness (QED) is 0.916. The van der Waals surface area contributed by atoms with Crippen molar-refractivity contribution in [1.82, 2.24) is 0 Å². The fraction of sp³-hybridized carbons (Fsp3) is 0.588. The van der Waals surface area contributed by atoms with Crippen LogP contribution in [0, 0.1) is 5.41 Å². The third-order valence-corrected chi connectivity index (χ3v) is 4.89. The molecule has 1 spiro atoms. The molecule has 0 atom stereocenters. The second-order valence-electron chi connectivity index (χ2n) is 6.47. The lowest BCUT2D eigenvalue weighted by Crippen LogP contribution is -2.56. The number of rotatable bonds is 3. The Hall–Kier alpha value is -1.51. The van der Waals surface area contributed by atoms with Gasteiger partial charge in [0.05, 0.1) is 6.42 Å². The Morgan fingerprint density at radius 1 is 1.10 bits per heavy atom. The average molecular weight is 273 g/mol. The Balaban J connectivity index is 1.71. The lowest BCUT2D eigenvalue weighted by molar-refractivity contribution is -0.136. The molecule has 1 aliphatic heterocycles. The maximum Gasteiger partial charge on any atom is 0.307 e. The Morgan fingerprint density at radius 3 is 2.40 bits per heavy atom. The second-order valence-corrected chi connectivity index (χ2v) is 6.47. The summed E-state index contributed by atoms with van der Waals surface area (Å²) in [6.45, 7) is 2.23. The van der Waals surface area contributed by atoms with Crippen LogP contribution in [-0.4, -0.2) is 24.2 Å². The van der Waals surface area contributed by atoms with Crippen LogP contribution in [0.1, 0.15) is 44.1 Å². The van der Waals surface area contributed by atoms with Crippen LogP contribution < -0.4 is 4.90 Å². The van der Waals surface area contributed by atoms with E-state index in [2.05, 4.69) is 11.0 Å². The van der Waals surface area contributed by atoms with Crippen LogP contribution in [0.4, 0.5) is 5.69 Å². The highest BCUT2D eigenvalue weighted by molar-refractivity contribution is 5.74. The van der Waals surface area contributed by atoms with Gasteiger partial charge in [0.15, 0.2) is 0 Å². The van der Waals surface area contributed by atoms with Gasteiger partial charge in [0.1, 0.15) is 0 Å². The topological polar surface area (TPSA) is 40.5 Å². The summed E-state index contributed by atoms with van der Waals surface area (Å²) in [5.41, 5.74) is 2.60. The summed E-state index contributed by atoms with van der Waals surface area (Å²) < 4.78 is 0. The summed E-state index contributed by atoms with van der Waals surface area (Å²) in [4.78, 5) is 13.4. The molecule has 1 saturated heterocycles. The van der Waals surface area contributed by atoms with Gasteiger partial charge in [-0.05, 0) is 24.5 Å². The SMILES string of the molecule is O=C(O)Cc1ccccc1N1CC2(CCCCCC2)C1. The van der Waals surface area contributed by atoms with Gasteiger partial charge in [-0.2, -0.15) is 0 Å². The summed E-state index contributed by atoms with van der Waals surface area (Å²) in [7, 11) is 0.